The molecule has 25 heavy (non-hydrogen) atoms. The van der Waals surface area contributed by atoms with Gasteiger partial charge in [0.2, 0.25) is 5.91 Å². The molecule has 2 aliphatic heterocycles. The van der Waals surface area contributed by atoms with Crippen LogP contribution in [0.1, 0.15) is 18.1 Å². The molecule has 0 radical (unpaired) electrons. The van der Waals surface area contributed by atoms with Gasteiger partial charge in [0, 0.05) is 31.4 Å². The van der Waals surface area contributed by atoms with Crippen LogP contribution in [0.25, 0.3) is 12.2 Å². The summed E-state index contributed by atoms with van der Waals surface area (Å²) in [6.07, 6.45) is 4.33. The molecule has 1 atom stereocenters. The first-order chi connectivity index (χ1) is 12.2. The summed E-state index contributed by atoms with van der Waals surface area (Å²) in [4.78, 5) is 15.9. The Morgan fingerprint density at radius 3 is 2.24 bits per heavy atom. The average Bonchev–Trinajstić information content (AvgIpc) is 2.80. The Bertz CT molecular complexity index is 766. The van der Waals surface area contributed by atoms with Crippen molar-refractivity contribution in [3.05, 3.63) is 59.7 Å². The summed E-state index contributed by atoms with van der Waals surface area (Å²) < 4.78 is 5.98. The molecule has 0 N–H and O–H groups in total. The van der Waals surface area contributed by atoms with Crippen LogP contribution >= 0.6 is 0 Å². The van der Waals surface area contributed by atoms with Crippen LogP contribution in [0.2, 0.25) is 0 Å². The second kappa shape index (κ2) is 6.73. The van der Waals surface area contributed by atoms with Crippen molar-refractivity contribution in [3.63, 3.8) is 0 Å². The van der Waals surface area contributed by atoms with Crippen LogP contribution in [0.15, 0.2) is 48.5 Å². The summed E-state index contributed by atoms with van der Waals surface area (Å²) in [5, 5.41) is 0. The van der Waals surface area contributed by atoms with E-state index in [2.05, 4.69) is 65.6 Å². The molecule has 0 aliphatic carbocycles. The Kier molecular flexibility index (Phi) is 4.28. The maximum Gasteiger partial charge on any atom is 0.219 e. The SMILES string of the molecule is CC(=O)N1CCOC(CN2c3ccccc3C=Cc3ccccc32)C1. The van der Waals surface area contributed by atoms with E-state index in [0.717, 1.165) is 6.54 Å². The van der Waals surface area contributed by atoms with Crippen molar-refractivity contribution in [1.29, 1.82) is 0 Å². The first-order valence-corrected chi connectivity index (χ1v) is 8.73. The van der Waals surface area contributed by atoms with E-state index in [1.165, 1.54) is 22.5 Å². The lowest BCUT2D eigenvalue weighted by Gasteiger charge is -2.36. The van der Waals surface area contributed by atoms with Crippen LogP contribution in [-0.4, -0.2) is 43.2 Å². The normalized spacial score (nSPS) is 19.2. The molecule has 0 spiro atoms. The van der Waals surface area contributed by atoms with E-state index < -0.39 is 0 Å². The number of morpholine rings is 1. The second-order valence-corrected chi connectivity index (χ2v) is 6.52. The van der Waals surface area contributed by atoms with Gasteiger partial charge in [-0.15, -0.1) is 0 Å². The van der Waals surface area contributed by atoms with E-state index in [9.17, 15) is 4.79 Å². The molecule has 2 aliphatic rings. The van der Waals surface area contributed by atoms with Crippen LogP contribution in [0.5, 0.6) is 0 Å². The molecule has 0 saturated carbocycles. The quantitative estimate of drug-likeness (QED) is 0.842. The number of carbonyl (C=O) groups is 1. The maximum atomic E-state index is 11.7. The van der Waals surface area contributed by atoms with Gasteiger partial charge in [0.25, 0.3) is 0 Å². The van der Waals surface area contributed by atoms with E-state index in [1.807, 2.05) is 4.90 Å². The first kappa shape index (κ1) is 15.9. The number of carbonyl (C=O) groups excluding carboxylic acids is 1. The molecule has 0 bridgehead atoms. The van der Waals surface area contributed by atoms with Crippen molar-refractivity contribution in [2.45, 2.75) is 13.0 Å². The molecule has 0 aromatic heterocycles. The smallest absolute Gasteiger partial charge is 0.219 e. The fourth-order valence-corrected chi connectivity index (χ4v) is 3.57. The zero-order chi connectivity index (χ0) is 17.2. The number of ether oxygens (including phenoxy) is 1. The molecule has 4 rings (SSSR count). The van der Waals surface area contributed by atoms with Crippen molar-refractivity contribution >= 4 is 29.4 Å². The van der Waals surface area contributed by atoms with E-state index in [4.69, 9.17) is 4.74 Å². The van der Waals surface area contributed by atoms with Crippen molar-refractivity contribution in [1.82, 2.24) is 4.90 Å². The van der Waals surface area contributed by atoms with Gasteiger partial charge in [-0.2, -0.15) is 0 Å². The Labute approximate surface area is 148 Å². The predicted molar refractivity (Wildman–Crippen MR) is 101 cm³/mol. The number of hydrogen-bond donors (Lipinski definition) is 0. The van der Waals surface area contributed by atoms with Gasteiger partial charge in [-0.25, -0.2) is 0 Å². The van der Waals surface area contributed by atoms with Crippen LogP contribution in [0, 0.1) is 0 Å². The lowest BCUT2D eigenvalue weighted by atomic mass is 10.1. The summed E-state index contributed by atoms with van der Waals surface area (Å²) in [7, 11) is 0. The second-order valence-electron chi connectivity index (χ2n) is 6.52. The largest absolute Gasteiger partial charge is 0.373 e. The minimum Gasteiger partial charge on any atom is -0.373 e. The highest BCUT2D eigenvalue weighted by Gasteiger charge is 2.26. The van der Waals surface area contributed by atoms with Gasteiger partial charge < -0.3 is 14.5 Å². The molecule has 2 aromatic carbocycles. The number of rotatable bonds is 2. The average molecular weight is 334 g/mol. The van der Waals surface area contributed by atoms with Gasteiger partial charge in [0.1, 0.15) is 0 Å². The third kappa shape index (κ3) is 3.17. The number of benzene rings is 2. The number of para-hydroxylation sites is 2. The monoisotopic (exact) mass is 334 g/mol. The standard InChI is InChI=1S/C21H22N2O2/c1-16(24)22-12-13-25-19(14-22)15-23-20-8-4-2-6-17(20)10-11-18-7-3-5-9-21(18)23/h2-11,19H,12-15H2,1H3. The number of amides is 1. The maximum absolute atomic E-state index is 11.7. The van der Waals surface area contributed by atoms with Crippen molar-refractivity contribution < 1.29 is 9.53 Å². The highest BCUT2D eigenvalue weighted by Crippen LogP contribution is 2.36. The van der Waals surface area contributed by atoms with Crippen LogP contribution in [0.3, 0.4) is 0 Å². The summed E-state index contributed by atoms with van der Waals surface area (Å²) >= 11 is 0. The molecular weight excluding hydrogens is 312 g/mol. The molecule has 1 fully saturated rings. The molecule has 4 heteroatoms. The lowest BCUT2D eigenvalue weighted by molar-refractivity contribution is -0.135. The fourth-order valence-electron chi connectivity index (χ4n) is 3.57. The summed E-state index contributed by atoms with van der Waals surface area (Å²) in [6, 6.07) is 16.8. The van der Waals surface area contributed by atoms with Crippen molar-refractivity contribution in [3.8, 4) is 0 Å². The van der Waals surface area contributed by atoms with Crippen LogP contribution in [-0.2, 0) is 9.53 Å². The topological polar surface area (TPSA) is 32.8 Å². The van der Waals surface area contributed by atoms with Gasteiger partial charge in [0.05, 0.1) is 19.3 Å². The Balaban J connectivity index is 1.68. The van der Waals surface area contributed by atoms with Gasteiger partial charge in [-0.05, 0) is 23.3 Å². The Morgan fingerprint density at radius 1 is 1.04 bits per heavy atom. The number of anilines is 2. The summed E-state index contributed by atoms with van der Waals surface area (Å²) in [6.45, 7) is 4.27. The highest BCUT2D eigenvalue weighted by atomic mass is 16.5. The van der Waals surface area contributed by atoms with Gasteiger partial charge >= 0.3 is 0 Å². The number of fused-ring (bicyclic) bond motifs is 2. The van der Waals surface area contributed by atoms with Gasteiger partial charge in [0.15, 0.2) is 0 Å². The van der Waals surface area contributed by atoms with E-state index >= 15 is 0 Å². The summed E-state index contributed by atoms with van der Waals surface area (Å²) in [5.41, 5.74) is 4.73. The summed E-state index contributed by atoms with van der Waals surface area (Å²) in [5.74, 6) is 0.117. The molecule has 1 unspecified atom stereocenters. The minimum atomic E-state index is -0.00291. The zero-order valence-electron chi connectivity index (χ0n) is 14.4. The van der Waals surface area contributed by atoms with E-state index in [-0.39, 0.29) is 12.0 Å². The van der Waals surface area contributed by atoms with Gasteiger partial charge in [-0.3, -0.25) is 4.79 Å². The third-order valence-electron chi connectivity index (χ3n) is 4.87. The fraction of sp³-hybridized carbons (Fsp3) is 0.286. The molecular formula is C21H22N2O2. The van der Waals surface area contributed by atoms with Gasteiger partial charge in [-0.1, -0.05) is 48.6 Å². The molecule has 1 amide bonds. The minimum absolute atomic E-state index is 0.00291. The molecule has 128 valence electrons. The number of hydrogen-bond acceptors (Lipinski definition) is 3. The molecule has 4 nitrogen and oxygen atoms in total. The molecule has 1 saturated heterocycles. The van der Waals surface area contributed by atoms with Crippen LogP contribution < -0.4 is 4.90 Å². The molecule has 2 aromatic rings. The first-order valence-electron chi connectivity index (χ1n) is 8.73. The Hall–Kier alpha value is -2.59. The predicted octanol–water partition coefficient (Wildman–Crippen LogP) is 3.56. The number of nitrogens with zero attached hydrogens (tertiary/aromatic N) is 2. The zero-order valence-corrected chi connectivity index (χ0v) is 14.4. The van der Waals surface area contributed by atoms with E-state index in [0.29, 0.717) is 19.7 Å². The molecule has 2 heterocycles. The Morgan fingerprint density at radius 2 is 1.64 bits per heavy atom. The highest BCUT2D eigenvalue weighted by molar-refractivity contribution is 5.88. The van der Waals surface area contributed by atoms with E-state index in [1.54, 1.807) is 6.92 Å². The lowest BCUT2D eigenvalue weighted by Crippen LogP contribution is -2.48. The van der Waals surface area contributed by atoms with Crippen LogP contribution in [0.4, 0.5) is 11.4 Å². The third-order valence-corrected chi connectivity index (χ3v) is 4.87. The van der Waals surface area contributed by atoms with Crippen molar-refractivity contribution in [2.24, 2.45) is 0 Å². The van der Waals surface area contributed by atoms with Crippen molar-refractivity contribution in [2.75, 3.05) is 31.1 Å².